The second-order valence-corrected chi connectivity index (χ2v) is 5.88. The largest absolute Gasteiger partial charge is 0.367 e. The van der Waals surface area contributed by atoms with Gasteiger partial charge in [0.25, 0.3) is 0 Å². The van der Waals surface area contributed by atoms with Gasteiger partial charge in [-0.25, -0.2) is 9.97 Å². The zero-order valence-corrected chi connectivity index (χ0v) is 11.8. The first-order valence-electron chi connectivity index (χ1n) is 6.04. The van der Waals surface area contributed by atoms with E-state index in [1.165, 1.54) is 19.3 Å². The van der Waals surface area contributed by atoms with E-state index >= 15 is 0 Å². The number of hydrogen-bond acceptors (Lipinski definition) is 4. The van der Waals surface area contributed by atoms with E-state index in [9.17, 15) is 0 Å². The highest BCUT2D eigenvalue weighted by Gasteiger charge is 2.24. The van der Waals surface area contributed by atoms with Crippen LogP contribution in [0.25, 0.3) is 0 Å². The first kappa shape index (κ1) is 13.0. The molecule has 0 radical (unpaired) electrons. The van der Waals surface area contributed by atoms with Crippen molar-refractivity contribution in [3.8, 4) is 0 Å². The molecule has 2 atom stereocenters. The maximum Gasteiger partial charge on any atom is 0.134 e. The molecule has 1 fully saturated rings. The Morgan fingerprint density at radius 1 is 1.47 bits per heavy atom. The molecule has 2 unspecified atom stereocenters. The van der Waals surface area contributed by atoms with E-state index in [1.54, 1.807) is 0 Å². The van der Waals surface area contributed by atoms with E-state index in [0.717, 1.165) is 23.3 Å². The Balaban J connectivity index is 2.01. The lowest BCUT2D eigenvalue weighted by Crippen LogP contribution is -2.17. The first-order valence-corrected chi connectivity index (χ1v) is 7.70. The SMILES string of the molecule is CCc1nc(Cl)cc(NC2CCC(SC)C2)n1. The fourth-order valence-electron chi connectivity index (χ4n) is 2.19. The van der Waals surface area contributed by atoms with Crippen LogP contribution in [0.1, 0.15) is 32.0 Å². The van der Waals surface area contributed by atoms with E-state index < -0.39 is 0 Å². The Hall–Kier alpha value is -0.480. The first-order chi connectivity index (χ1) is 8.21. The number of aromatic nitrogens is 2. The molecule has 1 heterocycles. The summed E-state index contributed by atoms with van der Waals surface area (Å²) in [5.74, 6) is 1.67. The Bertz CT molecular complexity index is 386. The summed E-state index contributed by atoms with van der Waals surface area (Å²) in [6, 6.07) is 2.34. The number of aryl methyl sites for hydroxylation is 1. The lowest BCUT2D eigenvalue weighted by atomic mass is 10.2. The molecule has 1 aliphatic rings. The van der Waals surface area contributed by atoms with Gasteiger partial charge in [0.1, 0.15) is 16.8 Å². The molecule has 0 aromatic carbocycles. The van der Waals surface area contributed by atoms with Gasteiger partial charge in [-0.3, -0.25) is 0 Å². The molecule has 1 aromatic rings. The van der Waals surface area contributed by atoms with Crippen LogP contribution >= 0.6 is 23.4 Å². The molecule has 1 aromatic heterocycles. The summed E-state index contributed by atoms with van der Waals surface area (Å²) in [6.07, 6.45) is 6.72. The summed E-state index contributed by atoms with van der Waals surface area (Å²) in [5, 5.41) is 4.79. The van der Waals surface area contributed by atoms with Gasteiger partial charge in [-0.2, -0.15) is 11.8 Å². The summed E-state index contributed by atoms with van der Waals surface area (Å²) in [5.41, 5.74) is 0. The van der Waals surface area contributed by atoms with Crippen LogP contribution in [0, 0.1) is 0 Å². The van der Waals surface area contributed by atoms with Crippen molar-refractivity contribution in [2.24, 2.45) is 0 Å². The summed E-state index contributed by atoms with van der Waals surface area (Å²) < 4.78 is 0. The maximum absolute atomic E-state index is 5.97. The van der Waals surface area contributed by atoms with E-state index in [2.05, 4.69) is 21.5 Å². The smallest absolute Gasteiger partial charge is 0.134 e. The number of anilines is 1. The molecule has 1 N–H and O–H groups in total. The Kier molecular flexibility index (Phi) is 4.51. The lowest BCUT2D eigenvalue weighted by Gasteiger charge is -2.14. The van der Waals surface area contributed by atoms with Crippen LogP contribution in [0.4, 0.5) is 5.82 Å². The highest BCUT2D eigenvalue weighted by molar-refractivity contribution is 7.99. The van der Waals surface area contributed by atoms with Crippen LogP contribution in [-0.4, -0.2) is 27.5 Å². The maximum atomic E-state index is 5.97. The predicted molar refractivity (Wildman–Crippen MR) is 75.0 cm³/mol. The number of nitrogens with one attached hydrogen (secondary N) is 1. The minimum absolute atomic E-state index is 0.527. The third-order valence-corrected chi connectivity index (χ3v) is 4.42. The lowest BCUT2D eigenvalue weighted by molar-refractivity contribution is 0.748. The van der Waals surface area contributed by atoms with Gasteiger partial charge in [0.2, 0.25) is 0 Å². The van der Waals surface area contributed by atoms with Gasteiger partial charge in [-0.15, -0.1) is 0 Å². The van der Waals surface area contributed by atoms with Gasteiger partial charge >= 0.3 is 0 Å². The van der Waals surface area contributed by atoms with Gasteiger partial charge < -0.3 is 5.32 Å². The van der Waals surface area contributed by atoms with E-state index in [-0.39, 0.29) is 0 Å². The average molecular weight is 272 g/mol. The number of thioether (sulfide) groups is 1. The van der Waals surface area contributed by atoms with Gasteiger partial charge in [0.15, 0.2) is 0 Å². The average Bonchev–Trinajstić information content (AvgIpc) is 2.76. The molecule has 2 rings (SSSR count). The molecular formula is C12H18ClN3S. The van der Waals surface area contributed by atoms with Gasteiger partial charge in [-0.05, 0) is 25.5 Å². The molecule has 0 amide bonds. The van der Waals surface area contributed by atoms with Crippen molar-refractivity contribution in [2.75, 3.05) is 11.6 Å². The standard InChI is InChI=1S/C12H18ClN3S/c1-3-11-15-10(13)7-12(16-11)14-8-4-5-9(6-8)17-2/h7-9H,3-6H2,1-2H3,(H,14,15,16). The van der Waals surface area contributed by atoms with Crippen molar-refractivity contribution in [2.45, 2.75) is 43.9 Å². The van der Waals surface area contributed by atoms with Crippen LogP contribution in [0.3, 0.4) is 0 Å². The molecule has 1 saturated carbocycles. The van der Waals surface area contributed by atoms with Gasteiger partial charge in [-0.1, -0.05) is 18.5 Å². The Morgan fingerprint density at radius 3 is 2.94 bits per heavy atom. The van der Waals surface area contributed by atoms with Crippen LogP contribution < -0.4 is 5.32 Å². The number of rotatable bonds is 4. The normalized spacial score (nSPS) is 23.9. The monoisotopic (exact) mass is 271 g/mol. The zero-order chi connectivity index (χ0) is 12.3. The molecule has 0 spiro atoms. The molecule has 0 bridgehead atoms. The van der Waals surface area contributed by atoms with E-state index in [1.807, 2.05) is 24.8 Å². The van der Waals surface area contributed by atoms with E-state index in [0.29, 0.717) is 11.2 Å². The predicted octanol–water partition coefficient (Wildman–Crippen LogP) is 3.39. The summed E-state index contributed by atoms with van der Waals surface area (Å²) in [7, 11) is 0. The Morgan fingerprint density at radius 2 is 2.29 bits per heavy atom. The van der Waals surface area contributed by atoms with Crippen LogP contribution in [-0.2, 0) is 6.42 Å². The fourth-order valence-corrected chi connectivity index (χ4v) is 3.19. The minimum Gasteiger partial charge on any atom is -0.367 e. The van der Waals surface area contributed by atoms with Crippen molar-refractivity contribution < 1.29 is 0 Å². The third kappa shape index (κ3) is 3.49. The molecule has 0 aliphatic heterocycles. The van der Waals surface area contributed by atoms with Crippen molar-refractivity contribution in [3.05, 3.63) is 17.0 Å². The molecule has 3 nitrogen and oxygen atoms in total. The topological polar surface area (TPSA) is 37.8 Å². The molecule has 1 aliphatic carbocycles. The number of halogens is 1. The van der Waals surface area contributed by atoms with Crippen LogP contribution in [0.2, 0.25) is 5.15 Å². The molecular weight excluding hydrogens is 254 g/mol. The zero-order valence-electron chi connectivity index (χ0n) is 10.2. The van der Waals surface area contributed by atoms with Crippen LogP contribution in [0.5, 0.6) is 0 Å². The number of nitrogens with zero attached hydrogens (tertiary/aromatic N) is 2. The second kappa shape index (κ2) is 5.91. The summed E-state index contributed by atoms with van der Waals surface area (Å²) >= 11 is 7.93. The fraction of sp³-hybridized carbons (Fsp3) is 0.667. The minimum atomic E-state index is 0.527. The molecule has 5 heteroatoms. The van der Waals surface area contributed by atoms with Crippen molar-refractivity contribution in [3.63, 3.8) is 0 Å². The Labute approximate surface area is 112 Å². The second-order valence-electron chi connectivity index (χ2n) is 4.36. The van der Waals surface area contributed by atoms with Crippen molar-refractivity contribution in [1.29, 1.82) is 0 Å². The van der Waals surface area contributed by atoms with Crippen molar-refractivity contribution in [1.82, 2.24) is 9.97 Å². The third-order valence-electron chi connectivity index (χ3n) is 3.13. The molecule has 94 valence electrons. The summed E-state index contributed by atoms with van der Waals surface area (Å²) in [4.78, 5) is 8.62. The van der Waals surface area contributed by atoms with Gasteiger partial charge in [0, 0.05) is 23.8 Å². The van der Waals surface area contributed by atoms with Crippen LogP contribution in [0.15, 0.2) is 6.07 Å². The van der Waals surface area contributed by atoms with Gasteiger partial charge in [0.05, 0.1) is 0 Å². The van der Waals surface area contributed by atoms with Crippen molar-refractivity contribution >= 4 is 29.2 Å². The summed E-state index contributed by atoms with van der Waals surface area (Å²) in [6.45, 7) is 2.04. The highest BCUT2D eigenvalue weighted by Crippen LogP contribution is 2.30. The molecule has 0 saturated heterocycles. The van der Waals surface area contributed by atoms with E-state index in [4.69, 9.17) is 11.6 Å². The quantitative estimate of drug-likeness (QED) is 0.852. The highest BCUT2D eigenvalue weighted by atomic mass is 35.5. The number of hydrogen-bond donors (Lipinski definition) is 1. The molecule has 17 heavy (non-hydrogen) atoms.